The number of pyridine rings is 1. The highest BCUT2D eigenvalue weighted by atomic mass is 16.5. The quantitative estimate of drug-likeness (QED) is 0.891. The SMILES string of the molecule is COC(c1noc(-c2ccc(N)cn2)n1)C(C)C. The van der Waals surface area contributed by atoms with E-state index in [1.807, 2.05) is 13.8 Å². The van der Waals surface area contributed by atoms with E-state index in [9.17, 15) is 0 Å². The maximum absolute atomic E-state index is 5.57. The molecule has 96 valence electrons. The van der Waals surface area contributed by atoms with Gasteiger partial charge in [0.2, 0.25) is 5.82 Å². The van der Waals surface area contributed by atoms with E-state index in [0.29, 0.717) is 23.1 Å². The summed E-state index contributed by atoms with van der Waals surface area (Å²) in [4.78, 5) is 8.43. The van der Waals surface area contributed by atoms with Gasteiger partial charge in [0.1, 0.15) is 11.8 Å². The molecule has 0 aliphatic heterocycles. The van der Waals surface area contributed by atoms with Gasteiger partial charge in [0.05, 0.1) is 11.9 Å². The number of nitrogens with two attached hydrogens (primary N) is 1. The Morgan fingerprint density at radius 2 is 2.11 bits per heavy atom. The van der Waals surface area contributed by atoms with E-state index in [-0.39, 0.29) is 12.0 Å². The number of hydrogen-bond donors (Lipinski definition) is 1. The first-order chi connectivity index (χ1) is 8.61. The molecule has 2 rings (SSSR count). The maximum atomic E-state index is 5.57. The zero-order chi connectivity index (χ0) is 13.1. The minimum absolute atomic E-state index is 0.184. The van der Waals surface area contributed by atoms with Crippen LogP contribution in [0.3, 0.4) is 0 Å². The van der Waals surface area contributed by atoms with Gasteiger partial charge in [-0.2, -0.15) is 4.98 Å². The second kappa shape index (κ2) is 5.14. The average molecular weight is 248 g/mol. The van der Waals surface area contributed by atoms with Gasteiger partial charge in [-0.15, -0.1) is 0 Å². The molecule has 0 radical (unpaired) electrons. The number of ether oxygens (including phenoxy) is 1. The molecular formula is C12H16N4O2. The predicted molar refractivity (Wildman–Crippen MR) is 66.5 cm³/mol. The summed E-state index contributed by atoms with van der Waals surface area (Å²) in [5.74, 6) is 1.16. The Morgan fingerprint density at radius 3 is 2.67 bits per heavy atom. The molecule has 6 nitrogen and oxygen atoms in total. The van der Waals surface area contributed by atoms with Crippen molar-refractivity contribution in [1.82, 2.24) is 15.1 Å². The summed E-state index contributed by atoms with van der Waals surface area (Å²) in [6.07, 6.45) is 1.37. The van der Waals surface area contributed by atoms with Gasteiger partial charge in [0, 0.05) is 7.11 Å². The van der Waals surface area contributed by atoms with E-state index < -0.39 is 0 Å². The van der Waals surface area contributed by atoms with Gasteiger partial charge in [-0.1, -0.05) is 19.0 Å². The lowest BCUT2D eigenvalue weighted by molar-refractivity contribution is 0.0556. The Bertz CT molecular complexity index is 507. The normalized spacial score (nSPS) is 12.9. The second-order valence-corrected chi connectivity index (χ2v) is 4.33. The molecule has 1 unspecified atom stereocenters. The fraction of sp³-hybridized carbons (Fsp3) is 0.417. The van der Waals surface area contributed by atoms with E-state index in [4.69, 9.17) is 15.0 Å². The summed E-state index contributed by atoms with van der Waals surface area (Å²) in [5.41, 5.74) is 6.76. The minimum atomic E-state index is -0.184. The number of methoxy groups -OCH3 is 1. The van der Waals surface area contributed by atoms with Crippen molar-refractivity contribution in [1.29, 1.82) is 0 Å². The van der Waals surface area contributed by atoms with Gasteiger partial charge in [-0.25, -0.2) is 4.98 Å². The highest BCUT2D eigenvalue weighted by Gasteiger charge is 2.22. The van der Waals surface area contributed by atoms with Crippen LogP contribution >= 0.6 is 0 Å². The predicted octanol–water partition coefficient (Wildman–Crippen LogP) is 2.06. The standard InChI is InChI=1S/C12H16N4O2/c1-7(2)10(17-3)11-15-12(18-16-11)9-5-4-8(13)6-14-9/h4-7,10H,13H2,1-3H3. The third-order valence-corrected chi connectivity index (χ3v) is 2.56. The van der Waals surface area contributed by atoms with Crippen molar-refractivity contribution in [2.24, 2.45) is 5.92 Å². The zero-order valence-electron chi connectivity index (χ0n) is 10.6. The van der Waals surface area contributed by atoms with Crippen LogP contribution in [-0.4, -0.2) is 22.2 Å². The lowest BCUT2D eigenvalue weighted by Gasteiger charge is -2.14. The molecule has 0 saturated carbocycles. The fourth-order valence-electron chi connectivity index (χ4n) is 1.66. The summed E-state index contributed by atoms with van der Waals surface area (Å²) in [6, 6.07) is 3.48. The van der Waals surface area contributed by atoms with E-state index in [0.717, 1.165) is 0 Å². The third-order valence-electron chi connectivity index (χ3n) is 2.56. The first-order valence-corrected chi connectivity index (χ1v) is 5.70. The molecule has 0 fully saturated rings. The molecule has 0 saturated heterocycles. The van der Waals surface area contributed by atoms with E-state index in [1.165, 1.54) is 0 Å². The molecule has 0 aliphatic carbocycles. The Kier molecular flexibility index (Phi) is 3.57. The van der Waals surface area contributed by atoms with Gasteiger partial charge >= 0.3 is 0 Å². The number of nitrogen functional groups attached to an aromatic ring is 1. The van der Waals surface area contributed by atoms with Crippen molar-refractivity contribution >= 4 is 5.69 Å². The van der Waals surface area contributed by atoms with Crippen molar-refractivity contribution in [2.75, 3.05) is 12.8 Å². The summed E-state index contributed by atoms with van der Waals surface area (Å²) >= 11 is 0. The van der Waals surface area contributed by atoms with Crippen LogP contribution in [-0.2, 0) is 4.74 Å². The minimum Gasteiger partial charge on any atom is -0.397 e. The Morgan fingerprint density at radius 1 is 1.33 bits per heavy atom. The van der Waals surface area contributed by atoms with Crippen molar-refractivity contribution in [3.8, 4) is 11.6 Å². The van der Waals surface area contributed by atoms with Crippen LogP contribution in [0.1, 0.15) is 25.8 Å². The van der Waals surface area contributed by atoms with Crippen LogP contribution in [0.2, 0.25) is 0 Å². The van der Waals surface area contributed by atoms with Crippen molar-refractivity contribution in [2.45, 2.75) is 20.0 Å². The van der Waals surface area contributed by atoms with Gasteiger partial charge in [-0.05, 0) is 18.1 Å². The zero-order valence-corrected chi connectivity index (χ0v) is 10.6. The summed E-state index contributed by atoms with van der Waals surface area (Å²) in [7, 11) is 1.63. The number of anilines is 1. The monoisotopic (exact) mass is 248 g/mol. The highest BCUT2D eigenvalue weighted by molar-refractivity contribution is 5.50. The molecule has 0 bridgehead atoms. The number of aromatic nitrogens is 3. The average Bonchev–Trinajstić information content (AvgIpc) is 2.80. The molecule has 0 amide bonds. The molecular weight excluding hydrogens is 232 g/mol. The lowest BCUT2D eigenvalue weighted by Crippen LogP contribution is -2.10. The summed E-state index contributed by atoms with van der Waals surface area (Å²) in [6.45, 7) is 4.07. The van der Waals surface area contributed by atoms with Crippen LogP contribution < -0.4 is 5.73 Å². The molecule has 2 aromatic heterocycles. The third kappa shape index (κ3) is 2.48. The molecule has 0 spiro atoms. The van der Waals surface area contributed by atoms with Crippen molar-refractivity contribution in [3.63, 3.8) is 0 Å². The molecule has 2 heterocycles. The fourth-order valence-corrected chi connectivity index (χ4v) is 1.66. The summed E-state index contributed by atoms with van der Waals surface area (Å²) < 4.78 is 10.5. The van der Waals surface area contributed by atoms with Crippen LogP contribution in [0.15, 0.2) is 22.9 Å². The van der Waals surface area contributed by atoms with Gasteiger partial charge in [0.15, 0.2) is 0 Å². The van der Waals surface area contributed by atoms with Crippen LogP contribution in [0.25, 0.3) is 11.6 Å². The molecule has 0 aromatic carbocycles. The Labute approximate surface area is 105 Å². The molecule has 18 heavy (non-hydrogen) atoms. The molecule has 2 aromatic rings. The number of hydrogen-bond acceptors (Lipinski definition) is 6. The highest BCUT2D eigenvalue weighted by Crippen LogP contribution is 2.24. The van der Waals surface area contributed by atoms with Crippen molar-refractivity contribution in [3.05, 3.63) is 24.2 Å². The topological polar surface area (TPSA) is 87.1 Å². The number of nitrogens with zero attached hydrogens (tertiary/aromatic N) is 3. The van der Waals surface area contributed by atoms with Gasteiger partial charge in [-0.3, -0.25) is 0 Å². The first-order valence-electron chi connectivity index (χ1n) is 5.70. The molecule has 0 aliphatic rings. The van der Waals surface area contributed by atoms with E-state index in [2.05, 4.69) is 15.1 Å². The number of rotatable bonds is 4. The molecule has 2 N–H and O–H groups in total. The Hall–Kier alpha value is -1.95. The smallest absolute Gasteiger partial charge is 0.276 e. The molecule has 1 atom stereocenters. The molecule has 6 heteroatoms. The largest absolute Gasteiger partial charge is 0.397 e. The van der Waals surface area contributed by atoms with Crippen molar-refractivity contribution < 1.29 is 9.26 Å². The maximum Gasteiger partial charge on any atom is 0.276 e. The van der Waals surface area contributed by atoms with E-state index >= 15 is 0 Å². The van der Waals surface area contributed by atoms with E-state index in [1.54, 1.807) is 25.4 Å². The van der Waals surface area contributed by atoms with Gasteiger partial charge in [0.25, 0.3) is 5.89 Å². The lowest BCUT2D eigenvalue weighted by atomic mass is 10.1. The second-order valence-electron chi connectivity index (χ2n) is 4.33. The van der Waals surface area contributed by atoms with Crippen LogP contribution in [0, 0.1) is 5.92 Å². The first kappa shape index (κ1) is 12.5. The Balaban J connectivity index is 2.27. The summed E-state index contributed by atoms with van der Waals surface area (Å²) in [5, 5.41) is 3.93. The van der Waals surface area contributed by atoms with Crippen LogP contribution in [0.5, 0.6) is 0 Å². The van der Waals surface area contributed by atoms with Crippen LogP contribution in [0.4, 0.5) is 5.69 Å². The van der Waals surface area contributed by atoms with Gasteiger partial charge < -0.3 is 15.0 Å².